The summed E-state index contributed by atoms with van der Waals surface area (Å²) < 4.78 is 0. The highest BCUT2D eigenvalue weighted by Gasteiger charge is 2.52. The number of carbonyl (C=O) groups excluding carboxylic acids is 2. The van der Waals surface area contributed by atoms with E-state index in [2.05, 4.69) is 16.0 Å². The number of rotatable bonds is 5. The van der Waals surface area contributed by atoms with Crippen LogP contribution in [0.1, 0.15) is 52.4 Å². The van der Waals surface area contributed by atoms with E-state index in [0.29, 0.717) is 0 Å². The Bertz CT molecular complexity index is 665. The first-order valence-corrected chi connectivity index (χ1v) is 10.4. The third kappa shape index (κ3) is 3.97. The Kier molecular flexibility index (Phi) is 4.87. The highest BCUT2D eigenvalue weighted by molar-refractivity contribution is 5.94. The van der Waals surface area contributed by atoms with Crippen molar-refractivity contribution in [3.8, 4) is 0 Å². The van der Waals surface area contributed by atoms with Gasteiger partial charge in [0.05, 0.1) is 0 Å². The highest BCUT2D eigenvalue weighted by atomic mass is 16.2. The summed E-state index contributed by atoms with van der Waals surface area (Å²) in [5, 5.41) is 9.09. The zero-order valence-corrected chi connectivity index (χ0v) is 16.3. The molecule has 4 saturated carbocycles. The number of hydrogen-bond acceptors (Lipinski definition) is 2. The Hall–Kier alpha value is -2.04. The Morgan fingerprint density at radius 2 is 1.52 bits per heavy atom. The van der Waals surface area contributed by atoms with Gasteiger partial charge in [-0.05, 0) is 74.3 Å². The first kappa shape index (κ1) is 18.3. The van der Waals surface area contributed by atoms with Crippen LogP contribution < -0.4 is 16.0 Å². The van der Waals surface area contributed by atoms with E-state index in [-0.39, 0.29) is 23.4 Å². The normalized spacial score (nSPS) is 32.2. The summed E-state index contributed by atoms with van der Waals surface area (Å²) >= 11 is 0. The summed E-state index contributed by atoms with van der Waals surface area (Å²) in [6.45, 7) is 3.96. The Labute approximate surface area is 161 Å². The lowest BCUT2D eigenvalue weighted by molar-refractivity contribution is -0.129. The van der Waals surface area contributed by atoms with Gasteiger partial charge in [-0.3, -0.25) is 4.79 Å². The maximum absolute atomic E-state index is 13.1. The fourth-order valence-electron chi connectivity index (χ4n) is 5.97. The minimum atomic E-state index is -0.526. The third-order valence-corrected chi connectivity index (χ3v) is 6.69. The van der Waals surface area contributed by atoms with E-state index in [1.54, 1.807) is 0 Å². The lowest BCUT2D eigenvalue weighted by Crippen LogP contribution is -2.63. The van der Waals surface area contributed by atoms with Gasteiger partial charge in [0, 0.05) is 11.2 Å². The lowest BCUT2D eigenvalue weighted by Gasteiger charge is -2.57. The number of carbonyl (C=O) groups is 2. The molecule has 146 valence electrons. The van der Waals surface area contributed by atoms with Crippen molar-refractivity contribution in [1.29, 1.82) is 0 Å². The molecule has 4 bridgehead atoms. The van der Waals surface area contributed by atoms with Crippen LogP contribution in [0.15, 0.2) is 30.3 Å². The molecule has 5 rings (SSSR count). The first-order valence-electron chi connectivity index (χ1n) is 10.4. The molecule has 5 nitrogen and oxygen atoms in total. The number of urea groups is 1. The standard InChI is InChI=1S/C22H31N3O2/c1-14(2)19(24-21(27)23-18-6-4-3-5-7-18)20(26)25-22-11-15-8-16(12-22)10-17(9-15)13-22/h3-7,14-17,19H,8-13H2,1-2H3,(H,25,26)(H2,23,24,27). The van der Waals surface area contributed by atoms with Crippen LogP contribution in [-0.4, -0.2) is 23.5 Å². The van der Waals surface area contributed by atoms with Gasteiger partial charge in [0.25, 0.3) is 0 Å². The maximum Gasteiger partial charge on any atom is 0.319 e. The first-order chi connectivity index (χ1) is 12.9. The van der Waals surface area contributed by atoms with Crippen molar-refractivity contribution in [3.05, 3.63) is 30.3 Å². The number of benzene rings is 1. The lowest BCUT2D eigenvalue weighted by atomic mass is 9.53. The van der Waals surface area contributed by atoms with Crippen molar-refractivity contribution in [2.75, 3.05) is 5.32 Å². The van der Waals surface area contributed by atoms with Gasteiger partial charge in [0.2, 0.25) is 5.91 Å². The van der Waals surface area contributed by atoms with Crippen molar-refractivity contribution in [1.82, 2.24) is 10.6 Å². The molecule has 3 amide bonds. The molecule has 0 saturated heterocycles. The summed E-state index contributed by atoms with van der Waals surface area (Å²) in [4.78, 5) is 25.5. The predicted octanol–water partition coefficient (Wildman–Crippen LogP) is 3.92. The molecule has 4 aliphatic rings. The van der Waals surface area contributed by atoms with Gasteiger partial charge in [0.1, 0.15) is 6.04 Å². The SMILES string of the molecule is CC(C)C(NC(=O)Nc1ccccc1)C(=O)NC12CC3CC(CC(C3)C1)C2. The van der Waals surface area contributed by atoms with Crippen LogP contribution in [-0.2, 0) is 4.79 Å². The molecule has 1 aromatic carbocycles. The van der Waals surface area contributed by atoms with E-state index in [0.717, 1.165) is 42.7 Å². The molecule has 4 aliphatic carbocycles. The Morgan fingerprint density at radius 1 is 0.963 bits per heavy atom. The molecular formula is C22H31N3O2. The molecule has 4 fully saturated rings. The van der Waals surface area contributed by atoms with Crippen molar-refractivity contribution in [2.24, 2.45) is 23.7 Å². The summed E-state index contributed by atoms with van der Waals surface area (Å²) in [7, 11) is 0. The second-order valence-electron chi connectivity index (χ2n) is 9.37. The summed E-state index contributed by atoms with van der Waals surface area (Å²) in [5.74, 6) is 2.34. The van der Waals surface area contributed by atoms with Crippen molar-refractivity contribution in [2.45, 2.75) is 64.0 Å². The quantitative estimate of drug-likeness (QED) is 0.736. The topological polar surface area (TPSA) is 70.2 Å². The fourth-order valence-corrected chi connectivity index (χ4v) is 5.97. The van der Waals surface area contributed by atoms with Crippen LogP contribution in [0.2, 0.25) is 0 Å². The molecular weight excluding hydrogens is 338 g/mol. The van der Waals surface area contributed by atoms with E-state index in [9.17, 15) is 9.59 Å². The van der Waals surface area contributed by atoms with Gasteiger partial charge in [-0.25, -0.2) is 4.79 Å². The van der Waals surface area contributed by atoms with Gasteiger partial charge in [0.15, 0.2) is 0 Å². The maximum atomic E-state index is 13.1. The molecule has 0 heterocycles. The van der Waals surface area contributed by atoms with Crippen LogP contribution in [0.4, 0.5) is 10.5 Å². The zero-order chi connectivity index (χ0) is 19.0. The van der Waals surface area contributed by atoms with E-state index in [1.165, 1.54) is 19.3 Å². The molecule has 0 spiro atoms. The third-order valence-electron chi connectivity index (χ3n) is 6.69. The Morgan fingerprint density at radius 3 is 2.04 bits per heavy atom. The van der Waals surface area contributed by atoms with E-state index >= 15 is 0 Å². The molecule has 0 aromatic heterocycles. The number of para-hydroxylation sites is 1. The van der Waals surface area contributed by atoms with Gasteiger partial charge in [-0.15, -0.1) is 0 Å². The van der Waals surface area contributed by atoms with Crippen LogP contribution in [0.5, 0.6) is 0 Å². The average Bonchev–Trinajstić information content (AvgIpc) is 2.58. The molecule has 0 radical (unpaired) electrons. The van der Waals surface area contributed by atoms with Crippen molar-refractivity contribution < 1.29 is 9.59 Å². The largest absolute Gasteiger partial charge is 0.349 e. The number of hydrogen-bond donors (Lipinski definition) is 3. The number of nitrogens with one attached hydrogen (secondary N) is 3. The van der Waals surface area contributed by atoms with E-state index in [4.69, 9.17) is 0 Å². The van der Waals surface area contributed by atoms with Crippen LogP contribution >= 0.6 is 0 Å². The highest BCUT2D eigenvalue weighted by Crippen LogP contribution is 2.55. The zero-order valence-electron chi connectivity index (χ0n) is 16.3. The van der Waals surface area contributed by atoms with Crippen LogP contribution in [0, 0.1) is 23.7 Å². The number of amides is 3. The van der Waals surface area contributed by atoms with Gasteiger partial charge < -0.3 is 16.0 Å². The second kappa shape index (κ2) is 7.17. The molecule has 27 heavy (non-hydrogen) atoms. The minimum absolute atomic E-state index is 0.0282. The smallest absolute Gasteiger partial charge is 0.319 e. The molecule has 3 N–H and O–H groups in total. The van der Waals surface area contributed by atoms with Gasteiger partial charge in [-0.2, -0.15) is 0 Å². The molecule has 5 heteroatoms. The van der Waals surface area contributed by atoms with Crippen LogP contribution in [0.25, 0.3) is 0 Å². The van der Waals surface area contributed by atoms with Crippen molar-refractivity contribution >= 4 is 17.6 Å². The second-order valence-corrected chi connectivity index (χ2v) is 9.37. The average molecular weight is 370 g/mol. The minimum Gasteiger partial charge on any atom is -0.349 e. The molecule has 1 unspecified atom stereocenters. The predicted molar refractivity (Wildman–Crippen MR) is 106 cm³/mol. The summed E-state index contributed by atoms with van der Waals surface area (Å²) in [6.07, 6.45) is 7.39. The summed E-state index contributed by atoms with van der Waals surface area (Å²) in [6, 6.07) is 8.45. The fraction of sp³-hybridized carbons (Fsp3) is 0.636. The summed E-state index contributed by atoms with van der Waals surface area (Å²) in [5.41, 5.74) is 0.690. The Balaban J connectivity index is 1.40. The van der Waals surface area contributed by atoms with Gasteiger partial charge in [-0.1, -0.05) is 32.0 Å². The van der Waals surface area contributed by atoms with Gasteiger partial charge >= 0.3 is 6.03 Å². The molecule has 1 atom stereocenters. The molecule has 1 aromatic rings. The molecule has 0 aliphatic heterocycles. The van der Waals surface area contributed by atoms with Crippen molar-refractivity contribution in [3.63, 3.8) is 0 Å². The van der Waals surface area contributed by atoms with E-state index in [1.807, 2.05) is 44.2 Å². The monoisotopic (exact) mass is 369 g/mol. The van der Waals surface area contributed by atoms with Crippen LogP contribution in [0.3, 0.4) is 0 Å². The van der Waals surface area contributed by atoms with E-state index < -0.39 is 6.04 Å². The number of anilines is 1.